The number of pyridine rings is 1. The fourth-order valence-corrected chi connectivity index (χ4v) is 2.01. The monoisotopic (exact) mass is 236 g/mol. The molecule has 1 atom stereocenters. The lowest BCUT2D eigenvalue weighted by molar-refractivity contribution is 0.0382. The van der Waals surface area contributed by atoms with Gasteiger partial charge in [-0.1, -0.05) is 19.9 Å². The Morgan fingerprint density at radius 1 is 1.41 bits per heavy atom. The second-order valence-corrected chi connectivity index (χ2v) is 5.53. The van der Waals surface area contributed by atoms with Crippen molar-refractivity contribution in [3.63, 3.8) is 0 Å². The normalized spacial score (nSPS) is 14.9. The van der Waals surface area contributed by atoms with Crippen molar-refractivity contribution in [3.8, 4) is 0 Å². The van der Waals surface area contributed by atoms with Gasteiger partial charge in [0.05, 0.1) is 11.3 Å². The topological polar surface area (TPSA) is 45.1 Å². The minimum atomic E-state index is -0.640. The molecule has 0 saturated carbocycles. The van der Waals surface area contributed by atoms with Crippen LogP contribution in [0.5, 0.6) is 0 Å². The fourth-order valence-electron chi connectivity index (χ4n) is 2.01. The lowest BCUT2D eigenvalue weighted by Crippen LogP contribution is -2.38. The van der Waals surface area contributed by atoms with Gasteiger partial charge >= 0.3 is 0 Å². The second kappa shape index (κ2) is 6.12. The van der Waals surface area contributed by atoms with E-state index in [1.807, 2.05) is 26.1 Å². The first kappa shape index (κ1) is 14.1. The first-order valence-electron chi connectivity index (χ1n) is 6.24. The number of aromatic nitrogens is 1. The highest BCUT2D eigenvalue weighted by molar-refractivity contribution is 5.11. The first-order chi connectivity index (χ1) is 7.89. The van der Waals surface area contributed by atoms with E-state index in [0.29, 0.717) is 19.0 Å². The van der Waals surface area contributed by atoms with E-state index in [2.05, 4.69) is 30.2 Å². The van der Waals surface area contributed by atoms with Gasteiger partial charge in [0.25, 0.3) is 0 Å². The van der Waals surface area contributed by atoms with Crippen LogP contribution in [0.25, 0.3) is 0 Å². The zero-order valence-electron chi connectivity index (χ0n) is 11.3. The fraction of sp³-hybridized carbons (Fsp3) is 0.643. The summed E-state index contributed by atoms with van der Waals surface area (Å²) in [4.78, 5) is 4.31. The van der Waals surface area contributed by atoms with E-state index in [4.69, 9.17) is 0 Å². The molecular weight excluding hydrogens is 212 g/mol. The van der Waals surface area contributed by atoms with Gasteiger partial charge in [-0.15, -0.1) is 0 Å². The second-order valence-electron chi connectivity index (χ2n) is 5.53. The van der Waals surface area contributed by atoms with Crippen LogP contribution in [0.3, 0.4) is 0 Å². The molecule has 0 saturated heterocycles. The maximum Gasteiger partial charge on any atom is 0.0746 e. The Bertz CT molecular complexity index is 331. The highest BCUT2D eigenvalue weighted by atomic mass is 16.3. The molecule has 3 nitrogen and oxygen atoms in total. The van der Waals surface area contributed by atoms with Gasteiger partial charge in [-0.3, -0.25) is 4.98 Å². The van der Waals surface area contributed by atoms with Crippen LogP contribution in [-0.2, 0) is 6.54 Å². The van der Waals surface area contributed by atoms with E-state index in [1.54, 1.807) is 0 Å². The van der Waals surface area contributed by atoms with E-state index >= 15 is 0 Å². The predicted molar refractivity (Wildman–Crippen MR) is 70.8 cm³/mol. The van der Waals surface area contributed by atoms with Crippen LogP contribution in [0.15, 0.2) is 18.3 Å². The lowest BCUT2D eigenvalue weighted by atomic mass is 9.94. The Kier molecular flexibility index (Phi) is 5.09. The van der Waals surface area contributed by atoms with Crippen LogP contribution in [0.1, 0.15) is 38.4 Å². The quantitative estimate of drug-likeness (QED) is 0.796. The molecule has 0 aliphatic heterocycles. The zero-order valence-corrected chi connectivity index (χ0v) is 11.3. The van der Waals surface area contributed by atoms with Crippen molar-refractivity contribution in [1.82, 2.24) is 10.3 Å². The number of aliphatic hydroxyl groups is 1. The molecule has 1 heterocycles. The average Bonchev–Trinajstić information content (AvgIpc) is 2.18. The van der Waals surface area contributed by atoms with Gasteiger partial charge in [0.2, 0.25) is 0 Å². The molecule has 0 amide bonds. The summed E-state index contributed by atoms with van der Waals surface area (Å²) in [6.07, 6.45) is 2.67. The molecule has 96 valence electrons. The highest BCUT2D eigenvalue weighted by Gasteiger charge is 2.20. The maximum absolute atomic E-state index is 10.1. The first-order valence-corrected chi connectivity index (χ1v) is 6.24. The van der Waals surface area contributed by atoms with Crippen molar-refractivity contribution >= 4 is 0 Å². The Labute approximate surface area is 104 Å². The van der Waals surface area contributed by atoms with Gasteiger partial charge in [-0.2, -0.15) is 0 Å². The number of aryl methyl sites for hydroxylation is 1. The lowest BCUT2D eigenvalue weighted by Gasteiger charge is -2.25. The molecule has 3 heteroatoms. The van der Waals surface area contributed by atoms with Crippen molar-refractivity contribution in [1.29, 1.82) is 0 Å². The summed E-state index contributed by atoms with van der Waals surface area (Å²) in [5.74, 6) is 0.504. The summed E-state index contributed by atoms with van der Waals surface area (Å²) in [6.45, 7) is 9.45. The molecule has 1 rings (SSSR count). The van der Waals surface area contributed by atoms with E-state index in [0.717, 1.165) is 12.1 Å². The molecule has 0 spiro atoms. The molecule has 1 aromatic rings. The van der Waals surface area contributed by atoms with Crippen LogP contribution in [0.2, 0.25) is 0 Å². The number of nitrogens with zero attached hydrogens (tertiary/aromatic N) is 1. The zero-order chi connectivity index (χ0) is 12.9. The van der Waals surface area contributed by atoms with E-state index in [1.165, 1.54) is 5.56 Å². The van der Waals surface area contributed by atoms with E-state index in [9.17, 15) is 5.11 Å². The molecule has 2 N–H and O–H groups in total. The van der Waals surface area contributed by atoms with Gasteiger partial charge in [-0.25, -0.2) is 0 Å². The SMILES string of the molecule is Cc1ccc(CNCC(C)(O)CC(C)C)nc1. The Morgan fingerprint density at radius 2 is 2.12 bits per heavy atom. The number of rotatable bonds is 6. The largest absolute Gasteiger partial charge is 0.389 e. The van der Waals surface area contributed by atoms with Crippen LogP contribution in [-0.4, -0.2) is 22.2 Å². The van der Waals surface area contributed by atoms with Gasteiger partial charge in [0, 0.05) is 19.3 Å². The standard InChI is InChI=1S/C14H24N2O/c1-11(2)7-14(4,17)10-15-9-13-6-5-12(3)8-16-13/h5-6,8,11,15,17H,7,9-10H2,1-4H3. The molecule has 0 aromatic carbocycles. The van der Waals surface area contributed by atoms with Crippen molar-refractivity contribution < 1.29 is 5.11 Å². The van der Waals surface area contributed by atoms with Crippen molar-refractivity contribution in [3.05, 3.63) is 29.6 Å². The highest BCUT2D eigenvalue weighted by Crippen LogP contribution is 2.15. The van der Waals surface area contributed by atoms with Gasteiger partial charge < -0.3 is 10.4 Å². The third-order valence-electron chi connectivity index (χ3n) is 2.63. The van der Waals surface area contributed by atoms with Crippen molar-refractivity contribution in [2.75, 3.05) is 6.54 Å². The maximum atomic E-state index is 10.1. The number of hydrogen-bond donors (Lipinski definition) is 2. The van der Waals surface area contributed by atoms with Gasteiger partial charge in [0.1, 0.15) is 0 Å². The number of nitrogens with one attached hydrogen (secondary N) is 1. The summed E-state index contributed by atoms with van der Waals surface area (Å²) in [7, 11) is 0. The Morgan fingerprint density at radius 3 is 2.65 bits per heavy atom. The average molecular weight is 236 g/mol. The molecule has 0 bridgehead atoms. The van der Waals surface area contributed by atoms with Crippen LogP contribution in [0, 0.1) is 12.8 Å². The Balaban J connectivity index is 2.34. The van der Waals surface area contributed by atoms with Crippen LogP contribution in [0.4, 0.5) is 0 Å². The summed E-state index contributed by atoms with van der Waals surface area (Å²) < 4.78 is 0. The summed E-state index contributed by atoms with van der Waals surface area (Å²) in [6, 6.07) is 4.07. The third kappa shape index (κ3) is 5.80. The van der Waals surface area contributed by atoms with Crippen molar-refractivity contribution in [2.45, 2.75) is 46.3 Å². The predicted octanol–water partition coefficient (Wildman–Crippen LogP) is 2.28. The van der Waals surface area contributed by atoms with Gasteiger partial charge in [0.15, 0.2) is 0 Å². The molecule has 0 aliphatic rings. The summed E-state index contributed by atoms with van der Waals surface area (Å²) >= 11 is 0. The molecule has 1 aromatic heterocycles. The minimum Gasteiger partial charge on any atom is -0.389 e. The third-order valence-corrected chi connectivity index (χ3v) is 2.63. The molecular formula is C14H24N2O. The minimum absolute atomic E-state index is 0.504. The molecule has 0 fully saturated rings. The number of hydrogen-bond acceptors (Lipinski definition) is 3. The molecule has 0 aliphatic carbocycles. The van der Waals surface area contributed by atoms with Crippen molar-refractivity contribution in [2.24, 2.45) is 5.92 Å². The molecule has 0 radical (unpaired) electrons. The van der Waals surface area contributed by atoms with Gasteiger partial charge in [-0.05, 0) is 37.8 Å². The van der Waals surface area contributed by atoms with E-state index < -0.39 is 5.60 Å². The van der Waals surface area contributed by atoms with Crippen LogP contribution < -0.4 is 5.32 Å². The Hall–Kier alpha value is -0.930. The summed E-state index contributed by atoms with van der Waals surface area (Å²) in [5, 5.41) is 13.4. The molecule has 1 unspecified atom stereocenters. The smallest absolute Gasteiger partial charge is 0.0746 e. The molecule has 17 heavy (non-hydrogen) atoms. The summed E-state index contributed by atoms with van der Waals surface area (Å²) in [5.41, 5.74) is 1.54. The van der Waals surface area contributed by atoms with E-state index in [-0.39, 0.29) is 0 Å². The van der Waals surface area contributed by atoms with Crippen LogP contribution >= 0.6 is 0 Å².